The Hall–Kier alpha value is -1.04. The van der Waals surface area contributed by atoms with Crippen molar-refractivity contribution >= 4 is 16.9 Å². The smallest absolute Gasteiger partial charge is 0.253 e. The van der Waals surface area contributed by atoms with Crippen molar-refractivity contribution in [2.45, 2.75) is 38.0 Å². The van der Waals surface area contributed by atoms with Crippen LogP contribution in [0.2, 0.25) is 0 Å². The first-order valence-electron chi connectivity index (χ1n) is 6.17. The zero-order valence-corrected chi connectivity index (χ0v) is 11.9. The number of hydrogen-bond acceptors (Lipinski definition) is 2. The van der Waals surface area contributed by atoms with Gasteiger partial charge in [-0.05, 0) is 13.3 Å². The summed E-state index contributed by atoms with van der Waals surface area (Å²) in [5.74, 6) is -6.58. The Labute approximate surface area is 119 Å². The SMILES string of the molecule is CC(F)(F)CC(F)(F)CCCSC(=O)c1ccccc1. The Bertz CT molecular complexity index is 429. The standard InChI is InChI=1S/C14H16F4OS/c1-13(15,16)10-14(17,18)8-5-9-20-12(19)11-6-3-2-4-7-11/h2-4,6-7H,5,8-10H2,1H3. The lowest BCUT2D eigenvalue weighted by Gasteiger charge is -2.19. The lowest BCUT2D eigenvalue weighted by atomic mass is 10.1. The van der Waals surface area contributed by atoms with Gasteiger partial charge in [-0.15, -0.1) is 0 Å². The quantitative estimate of drug-likeness (QED) is 0.519. The van der Waals surface area contributed by atoms with E-state index < -0.39 is 24.7 Å². The molecule has 112 valence electrons. The van der Waals surface area contributed by atoms with Gasteiger partial charge in [-0.3, -0.25) is 4.79 Å². The number of alkyl halides is 4. The predicted octanol–water partition coefficient (Wildman–Crippen LogP) is 5.02. The van der Waals surface area contributed by atoms with Crippen LogP contribution in [0.25, 0.3) is 0 Å². The fourth-order valence-electron chi connectivity index (χ4n) is 1.70. The Morgan fingerprint density at radius 2 is 1.75 bits per heavy atom. The summed E-state index contributed by atoms with van der Waals surface area (Å²) in [6.07, 6.45) is -2.06. The molecule has 0 N–H and O–H groups in total. The minimum absolute atomic E-state index is 0.0202. The Morgan fingerprint density at radius 1 is 1.15 bits per heavy atom. The molecule has 0 aliphatic rings. The van der Waals surface area contributed by atoms with E-state index in [0.717, 1.165) is 11.8 Å². The molecule has 1 nitrogen and oxygen atoms in total. The minimum atomic E-state index is -3.39. The molecule has 0 unspecified atom stereocenters. The van der Waals surface area contributed by atoms with Gasteiger partial charge in [0.25, 0.3) is 11.8 Å². The highest BCUT2D eigenvalue weighted by molar-refractivity contribution is 8.14. The lowest BCUT2D eigenvalue weighted by Crippen LogP contribution is -2.26. The summed E-state index contributed by atoms with van der Waals surface area (Å²) >= 11 is 0.928. The van der Waals surface area contributed by atoms with Crippen LogP contribution >= 0.6 is 11.8 Å². The number of carbonyl (C=O) groups excluding carboxylic acids is 1. The topological polar surface area (TPSA) is 17.1 Å². The van der Waals surface area contributed by atoms with Crippen molar-refractivity contribution in [3.8, 4) is 0 Å². The van der Waals surface area contributed by atoms with Crippen molar-refractivity contribution in [2.75, 3.05) is 5.75 Å². The van der Waals surface area contributed by atoms with Gasteiger partial charge in [-0.1, -0.05) is 42.1 Å². The first-order valence-corrected chi connectivity index (χ1v) is 7.16. The number of hydrogen-bond donors (Lipinski definition) is 0. The van der Waals surface area contributed by atoms with Gasteiger partial charge in [0.1, 0.15) is 0 Å². The van der Waals surface area contributed by atoms with Gasteiger partial charge in [0.2, 0.25) is 5.12 Å². The summed E-state index contributed by atoms with van der Waals surface area (Å²) in [6.45, 7) is 0.481. The number of carbonyl (C=O) groups is 1. The van der Waals surface area contributed by atoms with Crippen LogP contribution in [-0.2, 0) is 0 Å². The summed E-state index contributed by atoms with van der Waals surface area (Å²) in [4.78, 5) is 11.7. The highest BCUT2D eigenvalue weighted by atomic mass is 32.2. The Kier molecular flexibility index (Phi) is 6.05. The molecule has 0 heterocycles. The van der Waals surface area contributed by atoms with E-state index in [1.54, 1.807) is 30.3 Å². The molecule has 1 aromatic rings. The van der Waals surface area contributed by atoms with Crippen molar-refractivity contribution in [3.63, 3.8) is 0 Å². The first kappa shape index (κ1) is 17.0. The molecule has 0 aliphatic heterocycles. The highest BCUT2D eigenvalue weighted by Gasteiger charge is 2.39. The van der Waals surface area contributed by atoms with E-state index in [0.29, 0.717) is 12.5 Å². The molecule has 6 heteroatoms. The van der Waals surface area contributed by atoms with Crippen molar-refractivity contribution in [1.82, 2.24) is 0 Å². The number of benzene rings is 1. The third-order valence-electron chi connectivity index (χ3n) is 2.50. The average Bonchev–Trinajstić information content (AvgIpc) is 2.32. The molecule has 0 radical (unpaired) electrons. The molecule has 0 amide bonds. The number of rotatable bonds is 7. The molecule has 0 aliphatic carbocycles. The molecule has 0 saturated carbocycles. The van der Waals surface area contributed by atoms with E-state index in [-0.39, 0.29) is 17.3 Å². The van der Waals surface area contributed by atoms with Crippen molar-refractivity contribution in [2.24, 2.45) is 0 Å². The van der Waals surface area contributed by atoms with Crippen LogP contribution in [0.4, 0.5) is 17.6 Å². The number of thioether (sulfide) groups is 1. The highest BCUT2D eigenvalue weighted by Crippen LogP contribution is 2.33. The molecule has 20 heavy (non-hydrogen) atoms. The fraction of sp³-hybridized carbons (Fsp3) is 0.500. The molecular formula is C14H16F4OS. The van der Waals surface area contributed by atoms with Crippen LogP contribution in [-0.4, -0.2) is 22.7 Å². The normalized spacial score (nSPS) is 12.4. The van der Waals surface area contributed by atoms with Gasteiger partial charge in [-0.25, -0.2) is 17.6 Å². The molecule has 0 atom stereocenters. The average molecular weight is 308 g/mol. The Balaban J connectivity index is 2.30. The summed E-state index contributed by atoms with van der Waals surface area (Å²) in [6, 6.07) is 8.48. The summed E-state index contributed by atoms with van der Waals surface area (Å²) in [5, 5.41) is -0.199. The predicted molar refractivity (Wildman–Crippen MR) is 72.6 cm³/mol. The molecule has 0 spiro atoms. The maximum Gasteiger partial charge on any atom is 0.253 e. The monoisotopic (exact) mass is 308 g/mol. The maximum absolute atomic E-state index is 13.2. The van der Waals surface area contributed by atoms with Crippen molar-refractivity contribution in [3.05, 3.63) is 35.9 Å². The zero-order chi connectivity index (χ0) is 15.2. The Morgan fingerprint density at radius 3 is 2.30 bits per heavy atom. The van der Waals surface area contributed by atoms with Crippen molar-refractivity contribution in [1.29, 1.82) is 0 Å². The molecule has 0 saturated heterocycles. The maximum atomic E-state index is 13.2. The van der Waals surface area contributed by atoms with Crippen LogP contribution in [0, 0.1) is 0 Å². The number of halogens is 4. The molecule has 1 rings (SSSR count). The molecule has 0 aromatic heterocycles. The van der Waals surface area contributed by atoms with Crippen LogP contribution in [0.15, 0.2) is 30.3 Å². The third kappa shape index (κ3) is 6.93. The van der Waals surface area contributed by atoms with Gasteiger partial charge in [0.05, 0.1) is 6.42 Å². The van der Waals surface area contributed by atoms with Gasteiger partial charge >= 0.3 is 0 Å². The largest absolute Gasteiger partial charge is 0.282 e. The first-order chi connectivity index (χ1) is 9.20. The second-order valence-electron chi connectivity index (χ2n) is 4.71. The summed E-state index contributed by atoms with van der Waals surface area (Å²) in [5.41, 5.74) is 0.504. The minimum Gasteiger partial charge on any atom is -0.282 e. The molecular weight excluding hydrogens is 292 g/mol. The second kappa shape index (κ2) is 7.11. The summed E-state index contributed by atoms with van der Waals surface area (Å²) < 4.78 is 51.5. The lowest BCUT2D eigenvalue weighted by molar-refractivity contribution is -0.104. The van der Waals surface area contributed by atoms with Gasteiger partial charge in [-0.2, -0.15) is 0 Å². The fourth-order valence-corrected chi connectivity index (χ4v) is 2.47. The van der Waals surface area contributed by atoms with Crippen LogP contribution in [0.3, 0.4) is 0 Å². The van der Waals surface area contributed by atoms with Gasteiger partial charge in [0.15, 0.2) is 0 Å². The second-order valence-corrected chi connectivity index (χ2v) is 5.78. The van der Waals surface area contributed by atoms with Gasteiger partial charge in [0, 0.05) is 17.7 Å². The van der Waals surface area contributed by atoms with Crippen LogP contribution in [0.5, 0.6) is 0 Å². The van der Waals surface area contributed by atoms with Crippen LogP contribution < -0.4 is 0 Å². The van der Waals surface area contributed by atoms with Gasteiger partial charge < -0.3 is 0 Å². The molecule has 1 aromatic carbocycles. The third-order valence-corrected chi connectivity index (χ3v) is 3.49. The van der Waals surface area contributed by atoms with E-state index in [4.69, 9.17) is 0 Å². The van der Waals surface area contributed by atoms with Crippen molar-refractivity contribution < 1.29 is 22.4 Å². The van der Waals surface area contributed by atoms with E-state index in [2.05, 4.69) is 0 Å². The van der Waals surface area contributed by atoms with E-state index in [1.807, 2.05) is 0 Å². The van der Waals surface area contributed by atoms with E-state index in [9.17, 15) is 22.4 Å². The zero-order valence-electron chi connectivity index (χ0n) is 11.0. The van der Waals surface area contributed by atoms with E-state index in [1.165, 1.54) is 0 Å². The van der Waals surface area contributed by atoms with Crippen LogP contribution in [0.1, 0.15) is 36.5 Å². The molecule has 0 bridgehead atoms. The summed E-state index contributed by atoms with van der Waals surface area (Å²) in [7, 11) is 0. The molecule has 0 fully saturated rings. The van der Waals surface area contributed by atoms with E-state index >= 15 is 0 Å².